The van der Waals surface area contributed by atoms with Crippen LogP contribution in [0.15, 0.2) is 0 Å². The van der Waals surface area contributed by atoms with Gasteiger partial charge in [0.1, 0.15) is 9.84 Å². The third kappa shape index (κ3) is 2.69. The minimum Gasteiger partial charge on any atom is -0.392 e. The van der Waals surface area contributed by atoms with E-state index < -0.39 is 9.84 Å². The molecular formula is C14H24O4S. The Labute approximate surface area is 115 Å². The first-order valence-corrected chi connectivity index (χ1v) is 9.43. The predicted octanol–water partition coefficient (Wildman–Crippen LogP) is 1.52. The van der Waals surface area contributed by atoms with Gasteiger partial charge in [-0.15, -0.1) is 0 Å². The van der Waals surface area contributed by atoms with Gasteiger partial charge in [0.2, 0.25) is 0 Å². The van der Waals surface area contributed by atoms with E-state index in [9.17, 15) is 13.5 Å². The minimum absolute atomic E-state index is 0.140. The van der Waals surface area contributed by atoms with Crippen LogP contribution in [-0.2, 0) is 14.6 Å². The van der Waals surface area contributed by atoms with Crippen molar-refractivity contribution in [2.45, 2.75) is 68.5 Å². The van der Waals surface area contributed by atoms with E-state index >= 15 is 0 Å². The van der Waals surface area contributed by atoms with Gasteiger partial charge in [0.05, 0.1) is 23.6 Å². The standard InChI is InChI=1S/C14H24O4S/c1-19(16,17)11-4-2-3-9(7-11)14(15)12-8-10-5-6-13(12)18-10/h9-15H,2-8H2,1H3. The van der Waals surface area contributed by atoms with Crippen molar-refractivity contribution in [3.05, 3.63) is 0 Å². The highest BCUT2D eigenvalue weighted by molar-refractivity contribution is 7.91. The highest BCUT2D eigenvalue weighted by atomic mass is 32.2. The van der Waals surface area contributed by atoms with E-state index in [0.717, 1.165) is 38.5 Å². The van der Waals surface area contributed by atoms with Crippen molar-refractivity contribution in [2.24, 2.45) is 11.8 Å². The monoisotopic (exact) mass is 288 g/mol. The van der Waals surface area contributed by atoms with Gasteiger partial charge in [-0.2, -0.15) is 0 Å². The van der Waals surface area contributed by atoms with Crippen LogP contribution < -0.4 is 0 Å². The van der Waals surface area contributed by atoms with Crippen LogP contribution in [-0.4, -0.2) is 43.3 Å². The molecule has 3 rings (SSSR count). The minimum atomic E-state index is -2.97. The Morgan fingerprint density at radius 3 is 2.53 bits per heavy atom. The van der Waals surface area contributed by atoms with Crippen LogP contribution in [0.4, 0.5) is 0 Å². The zero-order chi connectivity index (χ0) is 13.6. The van der Waals surface area contributed by atoms with Crippen LogP contribution in [0.25, 0.3) is 0 Å². The Hall–Kier alpha value is -0.130. The van der Waals surface area contributed by atoms with Crippen LogP contribution in [0.1, 0.15) is 44.9 Å². The molecule has 2 aliphatic heterocycles. The first-order valence-electron chi connectivity index (χ1n) is 7.47. The van der Waals surface area contributed by atoms with Crippen molar-refractivity contribution >= 4 is 9.84 Å². The Morgan fingerprint density at radius 2 is 1.95 bits per heavy atom. The molecule has 3 aliphatic rings. The fourth-order valence-corrected chi connectivity index (χ4v) is 5.46. The Morgan fingerprint density at radius 1 is 1.16 bits per heavy atom. The van der Waals surface area contributed by atoms with E-state index in [0.29, 0.717) is 12.5 Å². The van der Waals surface area contributed by atoms with E-state index in [4.69, 9.17) is 4.74 Å². The van der Waals surface area contributed by atoms with Gasteiger partial charge in [0, 0.05) is 12.2 Å². The topological polar surface area (TPSA) is 63.6 Å². The number of ether oxygens (including phenoxy) is 1. The first-order chi connectivity index (χ1) is 8.95. The number of sulfone groups is 1. The van der Waals surface area contributed by atoms with Crippen molar-refractivity contribution in [2.75, 3.05) is 6.26 Å². The summed E-state index contributed by atoms with van der Waals surface area (Å²) < 4.78 is 29.2. The molecule has 6 unspecified atom stereocenters. The van der Waals surface area contributed by atoms with E-state index in [1.54, 1.807) is 0 Å². The van der Waals surface area contributed by atoms with E-state index in [1.165, 1.54) is 6.26 Å². The maximum atomic E-state index is 11.7. The summed E-state index contributed by atoms with van der Waals surface area (Å²) in [5, 5.41) is 10.4. The van der Waals surface area contributed by atoms with Gasteiger partial charge in [-0.3, -0.25) is 0 Å². The molecule has 1 N–H and O–H groups in total. The van der Waals surface area contributed by atoms with Gasteiger partial charge in [-0.05, 0) is 44.4 Å². The van der Waals surface area contributed by atoms with E-state index in [-0.39, 0.29) is 29.3 Å². The SMILES string of the molecule is CS(=O)(=O)C1CCCC(C(O)C2CC3CCC2O3)C1. The normalized spacial score (nSPS) is 44.4. The zero-order valence-electron chi connectivity index (χ0n) is 11.5. The lowest BCUT2D eigenvalue weighted by atomic mass is 9.75. The van der Waals surface area contributed by atoms with Crippen molar-refractivity contribution in [1.82, 2.24) is 0 Å². The van der Waals surface area contributed by atoms with Gasteiger partial charge >= 0.3 is 0 Å². The third-order valence-electron chi connectivity index (χ3n) is 5.35. The lowest BCUT2D eigenvalue weighted by molar-refractivity contribution is 0.000241. The largest absolute Gasteiger partial charge is 0.392 e. The van der Waals surface area contributed by atoms with Gasteiger partial charge in [-0.25, -0.2) is 8.42 Å². The third-order valence-corrected chi connectivity index (χ3v) is 6.99. The van der Waals surface area contributed by atoms with Crippen LogP contribution in [0.2, 0.25) is 0 Å². The van der Waals surface area contributed by atoms with Gasteiger partial charge in [0.25, 0.3) is 0 Å². The fourth-order valence-electron chi connectivity index (χ4n) is 4.27. The molecule has 0 aromatic carbocycles. The molecule has 2 saturated heterocycles. The molecule has 0 aromatic heterocycles. The van der Waals surface area contributed by atoms with Gasteiger partial charge < -0.3 is 9.84 Å². The molecule has 0 spiro atoms. The molecule has 110 valence electrons. The summed E-state index contributed by atoms with van der Waals surface area (Å²) in [6.07, 6.45) is 7.95. The van der Waals surface area contributed by atoms with Crippen LogP contribution in [0, 0.1) is 11.8 Å². The van der Waals surface area contributed by atoms with Crippen molar-refractivity contribution in [3.8, 4) is 0 Å². The highest BCUT2D eigenvalue weighted by Crippen LogP contribution is 2.44. The molecule has 0 amide bonds. The zero-order valence-corrected chi connectivity index (χ0v) is 12.3. The summed E-state index contributed by atoms with van der Waals surface area (Å²) in [4.78, 5) is 0. The van der Waals surface area contributed by atoms with Crippen LogP contribution >= 0.6 is 0 Å². The molecule has 1 aliphatic carbocycles. The van der Waals surface area contributed by atoms with Gasteiger partial charge in [-0.1, -0.05) is 6.42 Å². The summed E-state index contributed by atoms with van der Waals surface area (Å²) in [7, 11) is -2.97. The lowest BCUT2D eigenvalue weighted by Crippen LogP contribution is -2.39. The van der Waals surface area contributed by atoms with Gasteiger partial charge in [0.15, 0.2) is 0 Å². The number of aliphatic hydroxyl groups excluding tert-OH is 1. The predicted molar refractivity (Wildman–Crippen MR) is 72.6 cm³/mol. The van der Waals surface area contributed by atoms with Crippen LogP contribution in [0.5, 0.6) is 0 Å². The smallest absolute Gasteiger partial charge is 0.150 e. The summed E-state index contributed by atoms with van der Waals surface area (Å²) in [5.41, 5.74) is 0. The quantitative estimate of drug-likeness (QED) is 0.855. The molecule has 6 atom stereocenters. The maximum absolute atomic E-state index is 11.7. The average Bonchev–Trinajstić information content (AvgIpc) is 2.99. The van der Waals surface area contributed by atoms with Crippen molar-refractivity contribution in [1.29, 1.82) is 0 Å². The summed E-state index contributed by atoms with van der Waals surface area (Å²) >= 11 is 0. The lowest BCUT2D eigenvalue weighted by Gasteiger charge is -2.35. The maximum Gasteiger partial charge on any atom is 0.150 e. The van der Waals surface area contributed by atoms with Crippen molar-refractivity contribution in [3.63, 3.8) is 0 Å². The molecule has 2 bridgehead atoms. The molecular weight excluding hydrogens is 264 g/mol. The number of hydrogen-bond acceptors (Lipinski definition) is 4. The Kier molecular flexibility index (Phi) is 3.65. The molecule has 19 heavy (non-hydrogen) atoms. The molecule has 2 heterocycles. The number of hydrogen-bond donors (Lipinski definition) is 1. The second-order valence-corrected chi connectivity index (χ2v) is 8.97. The molecule has 3 fully saturated rings. The molecule has 0 aromatic rings. The molecule has 4 nitrogen and oxygen atoms in total. The molecule has 5 heteroatoms. The number of rotatable bonds is 3. The highest BCUT2D eigenvalue weighted by Gasteiger charge is 2.46. The Balaban J connectivity index is 1.65. The van der Waals surface area contributed by atoms with E-state index in [1.807, 2.05) is 0 Å². The van der Waals surface area contributed by atoms with E-state index in [2.05, 4.69) is 0 Å². The van der Waals surface area contributed by atoms with Crippen LogP contribution in [0.3, 0.4) is 0 Å². The molecule has 0 radical (unpaired) electrons. The number of fused-ring (bicyclic) bond motifs is 2. The second kappa shape index (κ2) is 5.01. The average molecular weight is 288 g/mol. The summed E-state index contributed by atoms with van der Waals surface area (Å²) in [6, 6.07) is 0. The second-order valence-electron chi connectivity index (χ2n) is 6.64. The Bertz CT molecular complexity index is 433. The summed E-state index contributed by atoms with van der Waals surface area (Å²) in [5.74, 6) is 0.378. The first kappa shape index (κ1) is 13.8. The van der Waals surface area contributed by atoms with Crippen molar-refractivity contribution < 1.29 is 18.3 Å². The molecule has 1 saturated carbocycles. The number of aliphatic hydroxyl groups is 1. The fraction of sp³-hybridized carbons (Fsp3) is 1.00. The summed E-state index contributed by atoms with van der Waals surface area (Å²) in [6.45, 7) is 0.